The Bertz CT molecular complexity index is 347. The van der Waals surface area contributed by atoms with E-state index in [1.807, 2.05) is 0 Å². The van der Waals surface area contributed by atoms with Gasteiger partial charge in [-0.2, -0.15) is 0 Å². The number of nitrogens with one attached hydrogen (secondary N) is 1. The Balaban J connectivity index is 2.86. The standard InChI is InChI=1S/C10H18N4O3/c1-6(7(11)15)13-9(16)10(8(12)14-17)4-2-3-5-10/h6,17H,2-5H2,1H3,(H2,11,15)(H2,12,14)(H,13,16). The summed E-state index contributed by atoms with van der Waals surface area (Å²) in [7, 11) is 0. The molecule has 0 saturated heterocycles. The zero-order chi connectivity index (χ0) is 13.1. The molecule has 6 N–H and O–H groups in total. The van der Waals surface area contributed by atoms with Gasteiger partial charge in [0.15, 0.2) is 5.84 Å². The topological polar surface area (TPSA) is 131 Å². The first-order valence-corrected chi connectivity index (χ1v) is 5.52. The van der Waals surface area contributed by atoms with Crippen LogP contribution < -0.4 is 16.8 Å². The molecule has 0 spiro atoms. The minimum absolute atomic E-state index is 0.107. The fraction of sp³-hybridized carbons (Fsp3) is 0.700. The van der Waals surface area contributed by atoms with E-state index in [-0.39, 0.29) is 5.84 Å². The van der Waals surface area contributed by atoms with Gasteiger partial charge in [-0.05, 0) is 19.8 Å². The third-order valence-electron chi connectivity index (χ3n) is 3.26. The van der Waals surface area contributed by atoms with Gasteiger partial charge in [-0.1, -0.05) is 18.0 Å². The second kappa shape index (κ2) is 5.03. The quantitative estimate of drug-likeness (QED) is 0.224. The largest absolute Gasteiger partial charge is 0.409 e. The van der Waals surface area contributed by atoms with Gasteiger partial charge in [0.2, 0.25) is 11.8 Å². The molecule has 17 heavy (non-hydrogen) atoms. The van der Waals surface area contributed by atoms with Crippen LogP contribution in [0.5, 0.6) is 0 Å². The summed E-state index contributed by atoms with van der Waals surface area (Å²) in [6.07, 6.45) is 2.68. The zero-order valence-corrected chi connectivity index (χ0v) is 9.77. The van der Waals surface area contributed by atoms with Crippen molar-refractivity contribution in [1.82, 2.24) is 5.32 Å². The van der Waals surface area contributed by atoms with Crippen molar-refractivity contribution in [1.29, 1.82) is 0 Å². The van der Waals surface area contributed by atoms with Gasteiger partial charge in [0.25, 0.3) is 0 Å². The Hall–Kier alpha value is -1.79. The van der Waals surface area contributed by atoms with Crippen molar-refractivity contribution in [3.8, 4) is 0 Å². The van der Waals surface area contributed by atoms with Crippen molar-refractivity contribution >= 4 is 17.6 Å². The molecule has 0 aromatic carbocycles. The van der Waals surface area contributed by atoms with E-state index >= 15 is 0 Å². The molecule has 0 heterocycles. The van der Waals surface area contributed by atoms with Crippen LogP contribution in [0.1, 0.15) is 32.6 Å². The van der Waals surface area contributed by atoms with Crippen molar-refractivity contribution in [2.45, 2.75) is 38.6 Å². The number of primary amides is 1. The number of nitrogens with zero attached hydrogens (tertiary/aromatic N) is 1. The molecule has 0 radical (unpaired) electrons. The molecule has 1 rings (SSSR count). The summed E-state index contributed by atoms with van der Waals surface area (Å²) >= 11 is 0. The van der Waals surface area contributed by atoms with E-state index < -0.39 is 23.3 Å². The van der Waals surface area contributed by atoms with Crippen LogP contribution in [0.4, 0.5) is 0 Å². The van der Waals surface area contributed by atoms with Crippen LogP contribution in [0, 0.1) is 5.41 Å². The number of amides is 2. The summed E-state index contributed by atoms with van der Waals surface area (Å²) in [4.78, 5) is 23.0. The van der Waals surface area contributed by atoms with Crippen LogP contribution in [-0.2, 0) is 9.59 Å². The number of amidine groups is 1. The maximum Gasteiger partial charge on any atom is 0.239 e. The van der Waals surface area contributed by atoms with E-state index in [0.717, 1.165) is 12.8 Å². The molecule has 1 aliphatic rings. The molecule has 96 valence electrons. The van der Waals surface area contributed by atoms with Gasteiger partial charge < -0.3 is 22.0 Å². The first-order valence-electron chi connectivity index (χ1n) is 5.52. The Morgan fingerprint density at radius 3 is 2.29 bits per heavy atom. The Morgan fingerprint density at radius 1 is 1.35 bits per heavy atom. The summed E-state index contributed by atoms with van der Waals surface area (Å²) in [5, 5.41) is 14.2. The van der Waals surface area contributed by atoms with Crippen molar-refractivity contribution in [2.24, 2.45) is 22.0 Å². The second-order valence-electron chi connectivity index (χ2n) is 4.37. The van der Waals surface area contributed by atoms with Crippen LogP contribution in [0.15, 0.2) is 5.16 Å². The van der Waals surface area contributed by atoms with Gasteiger partial charge in [0.05, 0.1) is 0 Å². The predicted octanol–water partition coefficient (Wildman–Crippen LogP) is -0.717. The lowest BCUT2D eigenvalue weighted by atomic mass is 9.83. The highest BCUT2D eigenvalue weighted by Gasteiger charge is 2.45. The van der Waals surface area contributed by atoms with Crippen molar-refractivity contribution in [3.63, 3.8) is 0 Å². The maximum atomic E-state index is 12.1. The number of carbonyl (C=O) groups excluding carboxylic acids is 2. The average Bonchev–Trinajstić information content (AvgIpc) is 2.77. The normalized spacial score (nSPS) is 20.9. The Kier molecular flexibility index (Phi) is 3.93. The van der Waals surface area contributed by atoms with Gasteiger partial charge in [-0.25, -0.2) is 0 Å². The predicted molar refractivity (Wildman–Crippen MR) is 61.1 cm³/mol. The van der Waals surface area contributed by atoms with E-state index in [4.69, 9.17) is 16.7 Å². The molecule has 1 atom stereocenters. The molecule has 1 fully saturated rings. The lowest BCUT2D eigenvalue weighted by Gasteiger charge is -2.27. The summed E-state index contributed by atoms with van der Waals surface area (Å²) in [6, 6.07) is -0.772. The molecule has 7 heteroatoms. The first-order chi connectivity index (χ1) is 7.94. The highest BCUT2D eigenvalue weighted by Crippen LogP contribution is 2.38. The number of hydrogen-bond donors (Lipinski definition) is 4. The molecule has 0 aromatic heterocycles. The smallest absolute Gasteiger partial charge is 0.239 e. The minimum atomic E-state index is -1.00. The van der Waals surface area contributed by atoms with E-state index in [0.29, 0.717) is 12.8 Å². The van der Waals surface area contributed by atoms with Crippen LogP contribution in [-0.4, -0.2) is 28.9 Å². The van der Waals surface area contributed by atoms with Gasteiger partial charge in [0.1, 0.15) is 11.5 Å². The number of hydrogen-bond acceptors (Lipinski definition) is 4. The van der Waals surface area contributed by atoms with Gasteiger partial charge in [-0.3, -0.25) is 9.59 Å². The molecule has 1 aliphatic carbocycles. The van der Waals surface area contributed by atoms with Crippen molar-refractivity contribution in [3.05, 3.63) is 0 Å². The van der Waals surface area contributed by atoms with Gasteiger partial charge >= 0.3 is 0 Å². The number of carbonyl (C=O) groups is 2. The van der Waals surface area contributed by atoms with Gasteiger partial charge in [-0.15, -0.1) is 0 Å². The summed E-state index contributed by atoms with van der Waals surface area (Å²) in [5.74, 6) is -1.13. The van der Waals surface area contributed by atoms with Crippen molar-refractivity contribution < 1.29 is 14.8 Å². The first kappa shape index (κ1) is 13.3. The fourth-order valence-corrected chi connectivity index (χ4v) is 2.08. The molecule has 1 unspecified atom stereocenters. The van der Waals surface area contributed by atoms with E-state index in [1.54, 1.807) is 0 Å². The zero-order valence-electron chi connectivity index (χ0n) is 9.77. The molecular formula is C10H18N4O3. The molecule has 0 aliphatic heterocycles. The van der Waals surface area contributed by atoms with E-state index in [2.05, 4.69) is 10.5 Å². The molecule has 7 nitrogen and oxygen atoms in total. The average molecular weight is 242 g/mol. The Morgan fingerprint density at radius 2 is 1.88 bits per heavy atom. The Labute approximate surface area is 99.2 Å². The SMILES string of the molecule is CC(NC(=O)C1(C(N)=NO)CCCC1)C(N)=O. The molecule has 2 amide bonds. The number of nitrogens with two attached hydrogens (primary N) is 2. The minimum Gasteiger partial charge on any atom is -0.409 e. The second-order valence-corrected chi connectivity index (χ2v) is 4.37. The molecule has 0 bridgehead atoms. The third-order valence-corrected chi connectivity index (χ3v) is 3.26. The van der Waals surface area contributed by atoms with E-state index in [1.165, 1.54) is 6.92 Å². The van der Waals surface area contributed by atoms with Crippen LogP contribution >= 0.6 is 0 Å². The highest BCUT2D eigenvalue weighted by atomic mass is 16.4. The monoisotopic (exact) mass is 242 g/mol. The van der Waals surface area contributed by atoms with Crippen LogP contribution in [0.25, 0.3) is 0 Å². The molecule has 1 saturated carbocycles. The lowest BCUT2D eigenvalue weighted by molar-refractivity contribution is -0.131. The summed E-state index contributed by atoms with van der Waals surface area (Å²) in [5.41, 5.74) is 9.66. The van der Waals surface area contributed by atoms with Gasteiger partial charge in [0, 0.05) is 0 Å². The van der Waals surface area contributed by atoms with Crippen molar-refractivity contribution in [2.75, 3.05) is 0 Å². The lowest BCUT2D eigenvalue weighted by Crippen LogP contribution is -2.53. The van der Waals surface area contributed by atoms with E-state index in [9.17, 15) is 9.59 Å². The maximum absolute atomic E-state index is 12.1. The van der Waals surface area contributed by atoms with Crippen LogP contribution in [0.2, 0.25) is 0 Å². The molecular weight excluding hydrogens is 224 g/mol. The highest BCUT2D eigenvalue weighted by molar-refractivity contribution is 6.07. The number of oxime groups is 1. The number of rotatable bonds is 4. The van der Waals surface area contributed by atoms with Crippen LogP contribution in [0.3, 0.4) is 0 Å². The summed E-state index contributed by atoms with van der Waals surface area (Å²) in [6.45, 7) is 1.50. The molecule has 0 aromatic rings. The summed E-state index contributed by atoms with van der Waals surface area (Å²) < 4.78 is 0. The fourth-order valence-electron chi connectivity index (χ4n) is 2.08. The third kappa shape index (κ3) is 2.48.